The Labute approximate surface area is 96.2 Å². The van der Waals surface area contributed by atoms with Crippen LogP contribution in [0.5, 0.6) is 0 Å². The van der Waals surface area contributed by atoms with Gasteiger partial charge in [0.1, 0.15) is 0 Å². The molecule has 0 saturated carbocycles. The summed E-state index contributed by atoms with van der Waals surface area (Å²) in [6, 6.07) is 0. The molecule has 2 aliphatic heterocycles. The largest absolute Gasteiger partial charge is 0.465 e. The minimum Gasteiger partial charge on any atom is -0.465 e. The fourth-order valence-corrected chi connectivity index (χ4v) is 2.98. The van der Waals surface area contributed by atoms with E-state index in [2.05, 4.69) is 4.90 Å². The number of rotatable bonds is 2. The van der Waals surface area contributed by atoms with E-state index in [1.165, 1.54) is 11.3 Å². The maximum atomic E-state index is 10.8. The highest BCUT2D eigenvalue weighted by atomic mass is 16.4. The highest BCUT2D eigenvalue weighted by molar-refractivity contribution is 5.65. The van der Waals surface area contributed by atoms with Crippen LogP contribution in [-0.4, -0.2) is 60.3 Å². The molecule has 2 heterocycles. The number of amides is 1. The minimum atomic E-state index is -0.772. The number of hydrogen-bond acceptors (Lipinski definition) is 3. The van der Waals surface area contributed by atoms with E-state index in [0.717, 1.165) is 39.0 Å². The number of nitrogens with zero attached hydrogens (tertiary/aromatic N) is 2. The average molecular weight is 227 g/mol. The molecule has 0 aromatic rings. The van der Waals surface area contributed by atoms with Gasteiger partial charge in [-0.2, -0.15) is 0 Å². The zero-order chi connectivity index (χ0) is 11.6. The van der Waals surface area contributed by atoms with Crippen LogP contribution >= 0.6 is 0 Å². The van der Waals surface area contributed by atoms with Crippen molar-refractivity contribution in [3.63, 3.8) is 0 Å². The molecule has 2 fully saturated rings. The predicted octanol–water partition coefficient (Wildman–Crippen LogP) is 0.411. The lowest BCUT2D eigenvalue weighted by molar-refractivity contribution is 0.0921. The summed E-state index contributed by atoms with van der Waals surface area (Å²) in [7, 11) is 0. The van der Waals surface area contributed by atoms with Crippen LogP contribution in [0.15, 0.2) is 0 Å². The van der Waals surface area contributed by atoms with Gasteiger partial charge < -0.3 is 20.6 Å². The lowest BCUT2D eigenvalue weighted by Crippen LogP contribution is -2.44. The summed E-state index contributed by atoms with van der Waals surface area (Å²) >= 11 is 0. The SMILES string of the molecule is NCCN1CCC2(CCN(C(=O)O)CC2)C1. The zero-order valence-electron chi connectivity index (χ0n) is 9.69. The topological polar surface area (TPSA) is 69.8 Å². The van der Waals surface area contributed by atoms with Crippen LogP contribution in [0.4, 0.5) is 4.79 Å². The molecule has 0 bridgehead atoms. The minimum absolute atomic E-state index is 0.376. The monoisotopic (exact) mass is 227 g/mol. The number of piperidine rings is 1. The summed E-state index contributed by atoms with van der Waals surface area (Å²) in [4.78, 5) is 14.8. The lowest BCUT2D eigenvalue weighted by atomic mass is 9.78. The molecule has 0 atom stereocenters. The molecule has 0 aromatic carbocycles. The molecule has 16 heavy (non-hydrogen) atoms. The maximum absolute atomic E-state index is 10.8. The maximum Gasteiger partial charge on any atom is 0.407 e. The van der Waals surface area contributed by atoms with Crippen LogP contribution in [0.2, 0.25) is 0 Å². The first-order valence-corrected chi connectivity index (χ1v) is 6.05. The molecule has 1 spiro atoms. The Morgan fingerprint density at radius 3 is 2.44 bits per heavy atom. The molecule has 0 radical (unpaired) electrons. The van der Waals surface area contributed by atoms with E-state index in [0.29, 0.717) is 18.5 Å². The van der Waals surface area contributed by atoms with E-state index >= 15 is 0 Å². The van der Waals surface area contributed by atoms with Crippen molar-refractivity contribution < 1.29 is 9.90 Å². The van der Waals surface area contributed by atoms with Gasteiger partial charge in [0, 0.05) is 32.7 Å². The van der Waals surface area contributed by atoms with Crippen LogP contribution in [-0.2, 0) is 0 Å². The second-order valence-electron chi connectivity index (χ2n) is 5.08. The third-order valence-electron chi connectivity index (χ3n) is 4.06. The molecule has 5 heteroatoms. The van der Waals surface area contributed by atoms with Gasteiger partial charge in [-0.1, -0.05) is 0 Å². The van der Waals surface area contributed by atoms with Crippen LogP contribution in [0, 0.1) is 5.41 Å². The standard InChI is InChI=1S/C11H21N3O2/c12-4-8-13-5-1-11(9-13)2-6-14(7-3-11)10(15)16/h1-9,12H2,(H,15,16). The summed E-state index contributed by atoms with van der Waals surface area (Å²) < 4.78 is 0. The van der Waals surface area contributed by atoms with Crippen molar-refractivity contribution in [2.45, 2.75) is 19.3 Å². The lowest BCUT2D eigenvalue weighted by Gasteiger charge is -2.38. The highest BCUT2D eigenvalue weighted by Crippen LogP contribution is 2.40. The smallest absolute Gasteiger partial charge is 0.407 e. The fourth-order valence-electron chi connectivity index (χ4n) is 2.98. The third-order valence-corrected chi connectivity index (χ3v) is 4.06. The van der Waals surface area contributed by atoms with Gasteiger partial charge >= 0.3 is 6.09 Å². The van der Waals surface area contributed by atoms with E-state index in [9.17, 15) is 4.79 Å². The van der Waals surface area contributed by atoms with Crippen molar-refractivity contribution in [1.82, 2.24) is 9.80 Å². The van der Waals surface area contributed by atoms with Gasteiger partial charge in [-0.3, -0.25) is 0 Å². The highest BCUT2D eigenvalue weighted by Gasteiger charge is 2.40. The first-order chi connectivity index (χ1) is 7.65. The Morgan fingerprint density at radius 1 is 1.25 bits per heavy atom. The number of carbonyl (C=O) groups is 1. The van der Waals surface area contributed by atoms with Crippen molar-refractivity contribution in [2.24, 2.45) is 11.1 Å². The molecule has 92 valence electrons. The molecule has 2 rings (SSSR count). The van der Waals surface area contributed by atoms with Gasteiger partial charge in [0.25, 0.3) is 0 Å². The van der Waals surface area contributed by atoms with Crippen molar-refractivity contribution in [1.29, 1.82) is 0 Å². The third kappa shape index (κ3) is 2.30. The summed E-state index contributed by atoms with van der Waals surface area (Å²) in [5, 5.41) is 8.90. The first-order valence-electron chi connectivity index (χ1n) is 6.05. The molecule has 0 unspecified atom stereocenters. The van der Waals surface area contributed by atoms with Gasteiger partial charge in [0.2, 0.25) is 0 Å². The van der Waals surface area contributed by atoms with Gasteiger partial charge in [0.05, 0.1) is 0 Å². The van der Waals surface area contributed by atoms with E-state index in [1.54, 1.807) is 0 Å². The Kier molecular flexibility index (Phi) is 3.35. The second-order valence-corrected chi connectivity index (χ2v) is 5.08. The second kappa shape index (κ2) is 4.59. The molecule has 5 nitrogen and oxygen atoms in total. The van der Waals surface area contributed by atoms with Crippen molar-refractivity contribution in [3.8, 4) is 0 Å². The summed E-state index contributed by atoms with van der Waals surface area (Å²) in [5.74, 6) is 0. The number of hydrogen-bond donors (Lipinski definition) is 2. The molecule has 2 aliphatic rings. The molecule has 2 saturated heterocycles. The van der Waals surface area contributed by atoms with Crippen LogP contribution in [0.3, 0.4) is 0 Å². The van der Waals surface area contributed by atoms with Crippen LogP contribution < -0.4 is 5.73 Å². The normalized spacial score (nSPS) is 25.2. The van der Waals surface area contributed by atoms with Crippen molar-refractivity contribution in [3.05, 3.63) is 0 Å². The molecule has 3 N–H and O–H groups in total. The van der Waals surface area contributed by atoms with Gasteiger partial charge in [-0.05, 0) is 31.2 Å². The van der Waals surface area contributed by atoms with Crippen LogP contribution in [0.25, 0.3) is 0 Å². The quantitative estimate of drug-likeness (QED) is 0.717. The molecule has 0 aliphatic carbocycles. The number of carboxylic acid groups (broad SMARTS) is 1. The fraction of sp³-hybridized carbons (Fsp3) is 0.909. The van der Waals surface area contributed by atoms with E-state index in [-0.39, 0.29) is 0 Å². The van der Waals surface area contributed by atoms with Crippen molar-refractivity contribution >= 4 is 6.09 Å². The zero-order valence-corrected chi connectivity index (χ0v) is 9.69. The van der Waals surface area contributed by atoms with Crippen LogP contribution in [0.1, 0.15) is 19.3 Å². The Morgan fingerprint density at radius 2 is 1.88 bits per heavy atom. The van der Waals surface area contributed by atoms with E-state index < -0.39 is 6.09 Å². The summed E-state index contributed by atoms with van der Waals surface area (Å²) in [6.07, 6.45) is 2.47. The number of nitrogens with two attached hydrogens (primary N) is 1. The van der Waals surface area contributed by atoms with Gasteiger partial charge in [-0.25, -0.2) is 4.79 Å². The summed E-state index contributed by atoms with van der Waals surface area (Å²) in [6.45, 7) is 5.33. The first kappa shape index (κ1) is 11.7. The Balaban J connectivity index is 1.86. The Bertz CT molecular complexity index is 262. The number of likely N-dealkylation sites (tertiary alicyclic amines) is 2. The molecular formula is C11H21N3O2. The van der Waals surface area contributed by atoms with Gasteiger partial charge in [-0.15, -0.1) is 0 Å². The van der Waals surface area contributed by atoms with E-state index in [1.807, 2.05) is 0 Å². The molecular weight excluding hydrogens is 206 g/mol. The predicted molar refractivity (Wildman–Crippen MR) is 61.4 cm³/mol. The van der Waals surface area contributed by atoms with E-state index in [4.69, 9.17) is 10.8 Å². The molecule has 1 amide bonds. The van der Waals surface area contributed by atoms with Gasteiger partial charge in [0.15, 0.2) is 0 Å². The average Bonchev–Trinajstić information content (AvgIpc) is 2.63. The Hall–Kier alpha value is -0.810. The summed E-state index contributed by atoms with van der Waals surface area (Å²) in [5.41, 5.74) is 5.94. The molecule has 0 aromatic heterocycles. The van der Waals surface area contributed by atoms with Crippen molar-refractivity contribution in [2.75, 3.05) is 39.3 Å².